The molecule has 0 aliphatic heterocycles. The van der Waals surface area contributed by atoms with Crippen LogP contribution < -0.4 is 0 Å². The van der Waals surface area contributed by atoms with Gasteiger partial charge in [-0.3, -0.25) is 4.79 Å². The SMILES string of the molecule is C[Si](C)(C)CCOC(=O)C=CC(=O)Cl. The van der Waals surface area contributed by atoms with Gasteiger partial charge in [0.1, 0.15) is 0 Å². The van der Waals surface area contributed by atoms with Gasteiger partial charge in [-0.05, 0) is 17.6 Å². The van der Waals surface area contributed by atoms with Crippen molar-refractivity contribution in [3.8, 4) is 0 Å². The minimum absolute atomic E-state index is 0.412. The third-order valence-electron chi connectivity index (χ3n) is 1.45. The van der Waals surface area contributed by atoms with Gasteiger partial charge in [0.2, 0.25) is 5.24 Å². The summed E-state index contributed by atoms with van der Waals surface area (Å²) in [6.45, 7) is 6.99. The normalized spacial score (nSPS) is 11.7. The standard InChI is InChI=1S/C9H15ClO3Si/c1-14(2,3)7-6-13-9(12)5-4-8(10)11/h4-5H,6-7H2,1-3H3. The van der Waals surface area contributed by atoms with Crippen LogP contribution in [0.15, 0.2) is 12.2 Å². The molecule has 0 rings (SSSR count). The molecule has 14 heavy (non-hydrogen) atoms. The summed E-state index contributed by atoms with van der Waals surface area (Å²) in [6.07, 6.45) is 2.03. The second kappa shape index (κ2) is 5.98. The maximum absolute atomic E-state index is 10.9. The lowest BCUT2D eigenvalue weighted by Gasteiger charge is -2.14. The van der Waals surface area contributed by atoms with Gasteiger partial charge in [0, 0.05) is 20.2 Å². The summed E-state index contributed by atoms with van der Waals surface area (Å²) in [5.74, 6) is -0.516. The Balaban J connectivity index is 3.71. The topological polar surface area (TPSA) is 43.4 Å². The second-order valence-electron chi connectivity index (χ2n) is 4.12. The highest BCUT2D eigenvalue weighted by Crippen LogP contribution is 2.07. The summed E-state index contributed by atoms with van der Waals surface area (Å²) in [6, 6.07) is 0.918. The van der Waals surface area contributed by atoms with Crippen LogP contribution in [-0.2, 0) is 14.3 Å². The largest absolute Gasteiger partial charge is 0.463 e. The molecule has 0 radical (unpaired) electrons. The number of carbonyl (C=O) groups excluding carboxylic acids is 2. The van der Waals surface area contributed by atoms with Crippen LogP contribution in [0.1, 0.15) is 0 Å². The summed E-state index contributed by atoms with van der Waals surface area (Å²) >= 11 is 5.00. The van der Waals surface area contributed by atoms with Crippen molar-refractivity contribution in [1.29, 1.82) is 0 Å². The van der Waals surface area contributed by atoms with E-state index in [1.54, 1.807) is 0 Å². The van der Waals surface area contributed by atoms with Gasteiger partial charge in [0.05, 0.1) is 6.61 Å². The predicted octanol–water partition coefficient (Wildman–Crippen LogP) is 2.19. The maximum Gasteiger partial charge on any atom is 0.330 e. The zero-order valence-electron chi connectivity index (χ0n) is 8.67. The number of carbonyl (C=O) groups is 2. The molecule has 0 unspecified atom stereocenters. The van der Waals surface area contributed by atoms with Gasteiger partial charge in [0.25, 0.3) is 0 Å². The van der Waals surface area contributed by atoms with Crippen LogP contribution in [0, 0.1) is 0 Å². The van der Waals surface area contributed by atoms with E-state index in [9.17, 15) is 9.59 Å². The Kier molecular flexibility index (Phi) is 5.72. The van der Waals surface area contributed by atoms with Gasteiger partial charge in [-0.1, -0.05) is 19.6 Å². The number of hydrogen-bond donors (Lipinski definition) is 0. The number of ether oxygens (including phenoxy) is 1. The molecule has 0 aromatic heterocycles. The zero-order chi connectivity index (χ0) is 11.2. The molecule has 0 heterocycles. The van der Waals surface area contributed by atoms with Gasteiger partial charge in [0.15, 0.2) is 0 Å². The first-order valence-corrected chi connectivity index (χ1v) is 8.44. The molecule has 0 saturated heterocycles. The summed E-state index contributed by atoms with van der Waals surface area (Å²) in [4.78, 5) is 21.2. The molecule has 80 valence electrons. The summed E-state index contributed by atoms with van der Waals surface area (Å²) < 4.78 is 4.87. The smallest absolute Gasteiger partial charge is 0.330 e. The first-order valence-electron chi connectivity index (χ1n) is 4.35. The fraction of sp³-hybridized carbons (Fsp3) is 0.556. The van der Waals surface area contributed by atoms with E-state index in [-0.39, 0.29) is 0 Å². The molecule has 3 nitrogen and oxygen atoms in total. The van der Waals surface area contributed by atoms with E-state index in [2.05, 4.69) is 19.6 Å². The summed E-state index contributed by atoms with van der Waals surface area (Å²) in [7, 11) is -1.16. The quantitative estimate of drug-likeness (QED) is 0.317. The highest BCUT2D eigenvalue weighted by atomic mass is 35.5. The Hall–Kier alpha value is -0.613. The Labute approximate surface area is 90.1 Å². The molecule has 5 heteroatoms. The van der Waals surface area contributed by atoms with Gasteiger partial charge in [-0.2, -0.15) is 0 Å². The van der Waals surface area contributed by atoms with E-state index in [1.807, 2.05) is 0 Å². The van der Waals surface area contributed by atoms with Crippen molar-refractivity contribution in [3.05, 3.63) is 12.2 Å². The number of rotatable bonds is 5. The number of hydrogen-bond acceptors (Lipinski definition) is 3. The third-order valence-corrected chi connectivity index (χ3v) is 3.28. The van der Waals surface area contributed by atoms with Crippen LogP contribution in [0.25, 0.3) is 0 Å². The first-order chi connectivity index (χ1) is 6.31. The highest BCUT2D eigenvalue weighted by Gasteiger charge is 2.13. The Morgan fingerprint density at radius 3 is 2.29 bits per heavy atom. The minimum atomic E-state index is -1.16. The molecular formula is C9H15ClO3Si. The van der Waals surface area contributed by atoms with Crippen LogP contribution in [0.3, 0.4) is 0 Å². The monoisotopic (exact) mass is 234 g/mol. The lowest BCUT2D eigenvalue weighted by atomic mass is 10.5. The fourth-order valence-corrected chi connectivity index (χ4v) is 1.42. The van der Waals surface area contributed by atoms with Crippen molar-refractivity contribution in [2.75, 3.05) is 6.61 Å². The molecule has 0 aromatic carbocycles. The Bertz CT molecular complexity index is 243. The fourth-order valence-electron chi connectivity index (χ4n) is 0.639. The number of allylic oxidation sites excluding steroid dienone is 1. The molecule has 0 saturated carbocycles. The van der Waals surface area contributed by atoms with Crippen molar-refractivity contribution in [2.24, 2.45) is 0 Å². The van der Waals surface area contributed by atoms with Crippen LogP contribution in [0.4, 0.5) is 0 Å². The van der Waals surface area contributed by atoms with Gasteiger partial charge in [-0.25, -0.2) is 4.79 Å². The van der Waals surface area contributed by atoms with Crippen molar-refractivity contribution in [2.45, 2.75) is 25.7 Å². The van der Waals surface area contributed by atoms with Crippen molar-refractivity contribution in [1.82, 2.24) is 0 Å². The lowest BCUT2D eigenvalue weighted by Crippen LogP contribution is -2.22. The van der Waals surface area contributed by atoms with Gasteiger partial charge >= 0.3 is 5.97 Å². The molecule has 0 aliphatic carbocycles. The maximum atomic E-state index is 10.9. The molecule has 0 amide bonds. The summed E-state index contributed by atoms with van der Waals surface area (Å²) in [5.41, 5.74) is 0. The molecule has 0 N–H and O–H groups in total. The van der Waals surface area contributed by atoms with Crippen LogP contribution >= 0.6 is 11.6 Å². The zero-order valence-corrected chi connectivity index (χ0v) is 10.4. The Morgan fingerprint density at radius 2 is 1.86 bits per heavy atom. The van der Waals surface area contributed by atoms with Gasteiger partial charge in [-0.15, -0.1) is 0 Å². The van der Waals surface area contributed by atoms with E-state index < -0.39 is 19.3 Å². The third kappa shape index (κ3) is 9.47. The van der Waals surface area contributed by atoms with Crippen LogP contribution in [-0.4, -0.2) is 25.9 Å². The summed E-state index contributed by atoms with van der Waals surface area (Å²) in [5, 5.41) is -0.674. The molecular weight excluding hydrogens is 220 g/mol. The van der Waals surface area contributed by atoms with E-state index >= 15 is 0 Å². The van der Waals surface area contributed by atoms with Crippen LogP contribution in [0.2, 0.25) is 25.7 Å². The van der Waals surface area contributed by atoms with E-state index in [0.29, 0.717) is 6.61 Å². The van der Waals surface area contributed by atoms with Crippen molar-refractivity contribution < 1.29 is 14.3 Å². The first kappa shape index (κ1) is 13.4. The Morgan fingerprint density at radius 1 is 1.29 bits per heavy atom. The molecule has 0 bridgehead atoms. The average Bonchev–Trinajstić information content (AvgIpc) is 1.98. The van der Waals surface area contributed by atoms with E-state index in [0.717, 1.165) is 18.2 Å². The van der Waals surface area contributed by atoms with E-state index in [1.165, 1.54) is 0 Å². The van der Waals surface area contributed by atoms with Gasteiger partial charge < -0.3 is 4.74 Å². The average molecular weight is 235 g/mol. The highest BCUT2D eigenvalue weighted by molar-refractivity contribution is 6.76. The molecule has 0 aliphatic rings. The molecule has 0 spiro atoms. The number of halogens is 1. The second-order valence-corrected chi connectivity index (χ2v) is 10.1. The predicted molar refractivity (Wildman–Crippen MR) is 59.1 cm³/mol. The van der Waals surface area contributed by atoms with E-state index in [4.69, 9.17) is 16.3 Å². The minimum Gasteiger partial charge on any atom is -0.463 e. The lowest BCUT2D eigenvalue weighted by molar-refractivity contribution is -0.137. The molecule has 0 atom stereocenters. The van der Waals surface area contributed by atoms with Crippen LogP contribution in [0.5, 0.6) is 0 Å². The molecule has 0 aromatic rings. The van der Waals surface area contributed by atoms with Crippen molar-refractivity contribution >= 4 is 30.9 Å². The molecule has 0 fully saturated rings. The van der Waals surface area contributed by atoms with Crippen molar-refractivity contribution in [3.63, 3.8) is 0 Å². The number of esters is 1.